The lowest BCUT2D eigenvalue weighted by atomic mass is 10.1. The summed E-state index contributed by atoms with van der Waals surface area (Å²) >= 11 is 5.77. The van der Waals surface area contributed by atoms with Crippen LogP contribution in [0.4, 0.5) is 0 Å². The fourth-order valence-corrected chi connectivity index (χ4v) is 4.10. The van der Waals surface area contributed by atoms with E-state index in [9.17, 15) is 13.2 Å². The highest BCUT2D eigenvalue weighted by molar-refractivity contribution is 7.89. The maximum absolute atomic E-state index is 12.3. The second-order valence-corrected chi connectivity index (χ2v) is 8.37. The largest absolute Gasteiger partial charge is 0.351 e. The molecule has 1 heterocycles. The van der Waals surface area contributed by atoms with Crippen LogP contribution in [0.3, 0.4) is 0 Å². The van der Waals surface area contributed by atoms with Crippen LogP contribution in [0.2, 0.25) is 5.02 Å². The van der Waals surface area contributed by atoms with E-state index in [0.717, 1.165) is 18.7 Å². The lowest BCUT2D eigenvalue weighted by Crippen LogP contribution is -2.44. The van der Waals surface area contributed by atoms with E-state index in [0.29, 0.717) is 11.6 Å². The molecule has 1 unspecified atom stereocenters. The highest BCUT2D eigenvalue weighted by atomic mass is 35.5. The van der Waals surface area contributed by atoms with Crippen LogP contribution < -0.4 is 15.4 Å². The zero-order valence-corrected chi connectivity index (χ0v) is 15.8. The summed E-state index contributed by atoms with van der Waals surface area (Å²) in [6.45, 7) is 3.55. The first-order valence-corrected chi connectivity index (χ1v) is 10.1. The molecule has 138 valence electrons. The molecule has 0 bridgehead atoms. The van der Waals surface area contributed by atoms with Gasteiger partial charge in [0.25, 0.3) is 0 Å². The zero-order valence-electron chi connectivity index (χ0n) is 14.3. The maximum Gasteiger partial charge on any atom is 0.241 e. The molecule has 0 radical (unpaired) electrons. The van der Waals surface area contributed by atoms with Crippen LogP contribution >= 0.6 is 11.6 Å². The molecule has 3 N–H and O–H groups in total. The van der Waals surface area contributed by atoms with Crippen molar-refractivity contribution in [1.82, 2.24) is 15.4 Å². The smallest absolute Gasteiger partial charge is 0.241 e. The van der Waals surface area contributed by atoms with E-state index >= 15 is 0 Å². The fraction of sp³-hybridized carbons (Fsp3) is 0.278. The van der Waals surface area contributed by atoms with Crippen molar-refractivity contribution in [2.45, 2.75) is 37.5 Å². The van der Waals surface area contributed by atoms with Crippen molar-refractivity contribution in [3.8, 4) is 0 Å². The molecular formula is C18H20ClN3O3S. The first-order chi connectivity index (χ1) is 12.3. The van der Waals surface area contributed by atoms with Crippen LogP contribution in [0.5, 0.6) is 0 Å². The molecule has 8 heteroatoms. The number of fused-ring (bicyclic) bond motifs is 1. The Labute approximate surface area is 158 Å². The van der Waals surface area contributed by atoms with Crippen molar-refractivity contribution >= 4 is 27.5 Å². The number of rotatable bonds is 6. The molecule has 0 saturated heterocycles. The van der Waals surface area contributed by atoms with E-state index in [1.54, 1.807) is 0 Å². The molecule has 1 aliphatic rings. The Morgan fingerprint density at radius 2 is 1.85 bits per heavy atom. The van der Waals surface area contributed by atoms with Crippen molar-refractivity contribution in [3.05, 3.63) is 64.2 Å². The van der Waals surface area contributed by atoms with Gasteiger partial charge in [-0.15, -0.1) is 0 Å². The van der Waals surface area contributed by atoms with Gasteiger partial charge in [-0.25, -0.2) is 8.42 Å². The van der Waals surface area contributed by atoms with Crippen LogP contribution in [-0.4, -0.2) is 20.4 Å². The first kappa shape index (κ1) is 18.8. The highest BCUT2D eigenvalue weighted by Crippen LogP contribution is 2.17. The molecule has 1 aliphatic heterocycles. The fourth-order valence-electron chi connectivity index (χ4n) is 2.77. The number of sulfonamides is 1. The van der Waals surface area contributed by atoms with Gasteiger partial charge in [0.15, 0.2) is 0 Å². The number of hydrogen-bond acceptors (Lipinski definition) is 4. The number of amides is 1. The molecule has 6 nitrogen and oxygen atoms in total. The first-order valence-electron chi connectivity index (χ1n) is 8.22. The number of carbonyl (C=O) groups excluding carboxylic acids is 1. The Morgan fingerprint density at radius 3 is 2.58 bits per heavy atom. The summed E-state index contributed by atoms with van der Waals surface area (Å²) in [5, 5.41) is 6.48. The molecule has 2 aromatic carbocycles. The Balaban J connectivity index is 1.58. The van der Waals surface area contributed by atoms with Crippen LogP contribution in [0, 0.1) is 0 Å². The van der Waals surface area contributed by atoms with E-state index in [4.69, 9.17) is 11.6 Å². The van der Waals surface area contributed by atoms with E-state index in [2.05, 4.69) is 21.4 Å². The number of nitrogens with one attached hydrogen (secondary N) is 3. The molecule has 26 heavy (non-hydrogen) atoms. The molecule has 0 saturated carbocycles. The minimum Gasteiger partial charge on any atom is -0.351 e. The maximum atomic E-state index is 12.3. The van der Waals surface area contributed by atoms with Gasteiger partial charge >= 0.3 is 0 Å². The summed E-state index contributed by atoms with van der Waals surface area (Å²) in [5.74, 6) is -0.388. The van der Waals surface area contributed by atoms with Gasteiger partial charge in [-0.05, 0) is 47.9 Å². The summed E-state index contributed by atoms with van der Waals surface area (Å²) in [4.78, 5) is 12.3. The molecule has 0 fully saturated rings. The molecule has 0 aliphatic carbocycles. The third kappa shape index (κ3) is 4.42. The average Bonchev–Trinajstić information content (AvgIpc) is 3.07. The Kier molecular flexibility index (Phi) is 5.62. The van der Waals surface area contributed by atoms with E-state index < -0.39 is 16.1 Å². The molecule has 0 aromatic heterocycles. The minimum absolute atomic E-state index is 0.0627. The summed E-state index contributed by atoms with van der Waals surface area (Å²) in [5.41, 5.74) is 3.48. The van der Waals surface area contributed by atoms with E-state index in [1.807, 2.05) is 12.1 Å². The molecule has 1 atom stereocenters. The standard InChI is InChI=1S/C18H20ClN3O3S/c1-12(22-26(24,25)17-6-4-16(19)5-7-17)18(23)21-9-13-2-3-14-10-20-11-15(14)8-13/h2-8,12,20,22H,9-11H2,1H3,(H,21,23). The highest BCUT2D eigenvalue weighted by Gasteiger charge is 2.22. The number of benzene rings is 2. The van der Waals surface area contributed by atoms with Crippen molar-refractivity contribution in [3.63, 3.8) is 0 Å². The zero-order chi connectivity index (χ0) is 18.7. The summed E-state index contributed by atoms with van der Waals surface area (Å²) in [7, 11) is -3.79. The van der Waals surface area contributed by atoms with Gasteiger partial charge in [-0.2, -0.15) is 4.72 Å². The quantitative estimate of drug-likeness (QED) is 0.699. The van der Waals surface area contributed by atoms with Crippen LogP contribution in [0.15, 0.2) is 47.4 Å². The molecule has 3 rings (SSSR count). The SMILES string of the molecule is CC(NS(=O)(=O)c1ccc(Cl)cc1)C(=O)NCc1ccc2c(c1)CNC2. The second-order valence-electron chi connectivity index (χ2n) is 6.22. The molecule has 1 amide bonds. The Bertz CT molecular complexity index is 914. The van der Waals surface area contributed by atoms with E-state index in [-0.39, 0.29) is 10.8 Å². The third-order valence-electron chi connectivity index (χ3n) is 4.22. The van der Waals surface area contributed by atoms with Crippen LogP contribution in [0.25, 0.3) is 0 Å². The van der Waals surface area contributed by atoms with Crippen molar-refractivity contribution < 1.29 is 13.2 Å². The van der Waals surface area contributed by atoms with Gasteiger partial charge in [0.1, 0.15) is 0 Å². The van der Waals surface area contributed by atoms with Crippen molar-refractivity contribution in [2.24, 2.45) is 0 Å². The lowest BCUT2D eigenvalue weighted by molar-refractivity contribution is -0.122. The van der Waals surface area contributed by atoms with Gasteiger partial charge in [-0.3, -0.25) is 4.79 Å². The van der Waals surface area contributed by atoms with E-state index in [1.165, 1.54) is 42.3 Å². The van der Waals surface area contributed by atoms with Gasteiger partial charge in [-0.1, -0.05) is 29.8 Å². The van der Waals surface area contributed by atoms with Crippen molar-refractivity contribution in [2.75, 3.05) is 0 Å². The van der Waals surface area contributed by atoms with Crippen LogP contribution in [0.1, 0.15) is 23.6 Å². The van der Waals surface area contributed by atoms with Gasteiger partial charge in [0, 0.05) is 24.7 Å². The second kappa shape index (κ2) is 7.75. The average molecular weight is 394 g/mol. The molecular weight excluding hydrogens is 374 g/mol. The molecule has 2 aromatic rings. The number of carbonyl (C=O) groups is 1. The summed E-state index contributed by atoms with van der Waals surface area (Å²) in [6.07, 6.45) is 0. The van der Waals surface area contributed by atoms with Gasteiger partial charge in [0.05, 0.1) is 10.9 Å². The summed E-state index contributed by atoms with van der Waals surface area (Å²) in [6, 6.07) is 10.9. The topological polar surface area (TPSA) is 87.3 Å². The van der Waals surface area contributed by atoms with Gasteiger partial charge in [0.2, 0.25) is 15.9 Å². The normalized spacial score (nSPS) is 14.7. The van der Waals surface area contributed by atoms with Crippen LogP contribution in [-0.2, 0) is 34.5 Å². The number of halogens is 1. The lowest BCUT2D eigenvalue weighted by Gasteiger charge is -2.15. The van der Waals surface area contributed by atoms with Crippen molar-refractivity contribution in [1.29, 1.82) is 0 Å². The minimum atomic E-state index is -3.79. The molecule has 0 spiro atoms. The third-order valence-corrected chi connectivity index (χ3v) is 6.03. The predicted molar refractivity (Wildman–Crippen MR) is 100 cm³/mol. The van der Waals surface area contributed by atoms with Gasteiger partial charge < -0.3 is 10.6 Å². The number of hydrogen-bond donors (Lipinski definition) is 3. The predicted octanol–water partition coefficient (Wildman–Crippen LogP) is 1.93. The Morgan fingerprint density at radius 1 is 1.15 bits per heavy atom. The monoisotopic (exact) mass is 393 g/mol. The Hall–Kier alpha value is -1.93. The summed E-state index contributed by atoms with van der Waals surface area (Å²) < 4.78 is 27.0.